The predicted octanol–water partition coefficient (Wildman–Crippen LogP) is 2.39. The second-order valence-electron chi connectivity index (χ2n) is 5.57. The van der Waals surface area contributed by atoms with E-state index in [1.165, 1.54) is 0 Å². The molecule has 2 aromatic rings. The molecule has 1 aromatic carbocycles. The zero-order valence-electron chi connectivity index (χ0n) is 11.9. The van der Waals surface area contributed by atoms with E-state index in [-0.39, 0.29) is 18.6 Å². The Labute approximate surface area is 123 Å². The summed E-state index contributed by atoms with van der Waals surface area (Å²) < 4.78 is 5.66. The lowest BCUT2D eigenvalue weighted by Crippen LogP contribution is -2.44. The maximum atomic E-state index is 12.7. The number of amides is 1. The highest BCUT2D eigenvalue weighted by atomic mass is 16.3. The topological polar surface area (TPSA) is 79.7 Å². The molecule has 21 heavy (non-hydrogen) atoms. The van der Waals surface area contributed by atoms with Crippen LogP contribution in [0.2, 0.25) is 0 Å². The first kappa shape index (κ1) is 13.9. The molecule has 3 N–H and O–H groups in total. The van der Waals surface area contributed by atoms with Crippen LogP contribution in [0.4, 0.5) is 5.69 Å². The molecule has 0 aliphatic heterocycles. The third-order valence-corrected chi connectivity index (χ3v) is 4.08. The van der Waals surface area contributed by atoms with Crippen LogP contribution in [0.15, 0.2) is 28.7 Å². The molecule has 0 spiro atoms. The van der Waals surface area contributed by atoms with Gasteiger partial charge in [0.25, 0.3) is 5.91 Å². The molecule has 0 unspecified atom stereocenters. The van der Waals surface area contributed by atoms with Gasteiger partial charge < -0.3 is 20.2 Å². The summed E-state index contributed by atoms with van der Waals surface area (Å²) in [5.41, 5.74) is 7.07. The lowest BCUT2D eigenvalue weighted by molar-refractivity contribution is 0.0533. The first-order valence-corrected chi connectivity index (χ1v) is 7.40. The van der Waals surface area contributed by atoms with Gasteiger partial charge >= 0.3 is 0 Å². The lowest BCUT2D eigenvalue weighted by atomic mass is 9.91. The number of anilines is 1. The maximum Gasteiger partial charge on any atom is 0.289 e. The number of furan rings is 1. The highest BCUT2D eigenvalue weighted by Gasteiger charge is 2.30. The molecule has 0 atom stereocenters. The monoisotopic (exact) mass is 288 g/mol. The zero-order valence-corrected chi connectivity index (χ0v) is 11.9. The zero-order chi connectivity index (χ0) is 14.8. The van der Waals surface area contributed by atoms with Gasteiger partial charge in [-0.2, -0.15) is 0 Å². The molecule has 112 valence electrons. The summed E-state index contributed by atoms with van der Waals surface area (Å²) in [7, 11) is 0. The smallest absolute Gasteiger partial charge is 0.289 e. The van der Waals surface area contributed by atoms with Crippen LogP contribution in [0.5, 0.6) is 0 Å². The van der Waals surface area contributed by atoms with E-state index in [0.29, 0.717) is 30.0 Å². The predicted molar refractivity (Wildman–Crippen MR) is 81.0 cm³/mol. The Morgan fingerprint density at radius 1 is 1.38 bits per heavy atom. The summed E-state index contributed by atoms with van der Waals surface area (Å²) >= 11 is 0. The quantitative estimate of drug-likeness (QED) is 0.828. The summed E-state index contributed by atoms with van der Waals surface area (Å²) in [6.07, 6.45) is 3.81. The third-order valence-electron chi connectivity index (χ3n) is 4.08. The first-order chi connectivity index (χ1) is 10.2. The highest BCUT2D eigenvalue weighted by molar-refractivity contribution is 5.96. The fourth-order valence-corrected chi connectivity index (χ4v) is 2.70. The summed E-state index contributed by atoms with van der Waals surface area (Å²) in [6.45, 7) is 0.659. The van der Waals surface area contributed by atoms with Crippen LogP contribution >= 0.6 is 0 Å². The van der Waals surface area contributed by atoms with E-state index in [1.807, 2.05) is 4.90 Å². The number of carbonyl (C=O) groups excluding carboxylic acids is 1. The van der Waals surface area contributed by atoms with Crippen molar-refractivity contribution in [3.05, 3.63) is 30.0 Å². The van der Waals surface area contributed by atoms with Crippen LogP contribution in [-0.4, -0.2) is 35.1 Å². The van der Waals surface area contributed by atoms with Crippen LogP contribution in [0, 0.1) is 0 Å². The van der Waals surface area contributed by atoms with Crippen LogP contribution in [0.1, 0.15) is 36.2 Å². The summed E-state index contributed by atoms with van der Waals surface area (Å²) in [5.74, 6) is 0.253. The summed E-state index contributed by atoms with van der Waals surface area (Å²) in [6, 6.07) is 7.37. The van der Waals surface area contributed by atoms with Crippen LogP contribution in [0.3, 0.4) is 0 Å². The maximum absolute atomic E-state index is 12.7. The van der Waals surface area contributed by atoms with Crippen molar-refractivity contribution in [3.8, 4) is 0 Å². The molecular weight excluding hydrogens is 268 g/mol. The van der Waals surface area contributed by atoms with E-state index in [4.69, 9.17) is 15.3 Å². The van der Waals surface area contributed by atoms with E-state index in [9.17, 15) is 4.79 Å². The minimum atomic E-state index is -0.0945. The van der Waals surface area contributed by atoms with E-state index >= 15 is 0 Å². The second-order valence-corrected chi connectivity index (χ2v) is 5.57. The Morgan fingerprint density at radius 3 is 2.86 bits per heavy atom. The van der Waals surface area contributed by atoms with Crippen molar-refractivity contribution in [2.45, 2.75) is 31.7 Å². The van der Waals surface area contributed by atoms with Gasteiger partial charge in [-0.25, -0.2) is 0 Å². The van der Waals surface area contributed by atoms with Crippen LogP contribution < -0.4 is 5.73 Å². The molecular formula is C16H20N2O3. The van der Waals surface area contributed by atoms with Crippen LogP contribution in [-0.2, 0) is 0 Å². The van der Waals surface area contributed by atoms with Crippen molar-refractivity contribution in [2.24, 2.45) is 0 Å². The molecule has 5 heteroatoms. The SMILES string of the molecule is Nc1ccc2oc(C(=O)N(CCCO)C3CCC3)cc2c1. The number of carbonyl (C=O) groups is 1. The van der Waals surface area contributed by atoms with Gasteiger partial charge in [-0.15, -0.1) is 0 Å². The van der Waals surface area contributed by atoms with Gasteiger partial charge in [0.2, 0.25) is 0 Å². The Bertz CT molecular complexity index is 646. The minimum Gasteiger partial charge on any atom is -0.451 e. The number of hydrogen-bond acceptors (Lipinski definition) is 4. The molecule has 5 nitrogen and oxygen atoms in total. The number of rotatable bonds is 5. The molecule has 1 fully saturated rings. The molecule has 1 saturated carbocycles. The number of hydrogen-bond donors (Lipinski definition) is 2. The van der Waals surface area contributed by atoms with Crippen molar-refractivity contribution in [3.63, 3.8) is 0 Å². The van der Waals surface area contributed by atoms with Gasteiger partial charge in [-0.3, -0.25) is 4.79 Å². The molecule has 1 aliphatic rings. The van der Waals surface area contributed by atoms with Gasteiger partial charge in [-0.1, -0.05) is 0 Å². The van der Waals surface area contributed by atoms with E-state index in [2.05, 4.69) is 0 Å². The van der Waals surface area contributed by atoms with E-state index in [0.717, 1.165) is 24.6 Å². The number of nitrogens with zero attached hydrogens (tertiary/aromatic N) is 1. The Morgan fingerprint density at radius 2 is 2.19 bits per heavy atom. The second kappa shape index (κ2) is 5.77. The first-order valence-electron chi connectivity index (χ1n) is 7.40. The Balaban J connectivity index is 1.85. The van der Waals surface area contributed by atoms with Crippen molar-refractivity contribution >= 4 is 22.6 Å². The normalized spacial score (nSPS) is 15.1. The Hall–Kier alpha value is -2.01. The van der Waals surface area contributed by atoms with Gasteiger partial charge in [-0.05, 0) is 49.9 Å². The fourth-order valence-electron chi connectivity index (χ4n) is 2.70. The third kappa shape index (κ3) is 2.74. The number of benzene rings is 1. The van der Waals surface area contributed by atoms with Gasteiger partial charge in [0.05, 0.1) is 0 Å². The largest absolute Gasteiger partial charge is 0.451 e. The van der Waals surface area contributed by atoms with Gasteiger partial charge in [0.15, 0.2) is 5.76 Å². The standard InChI is InChI=1S/C16H20N2O3/c17-12-5-6-14-11(9-12)10-15(21-14)16(20)18(7-2-8-19)13-3-1-4-13/h5-6,9-10,13,19H,1-4,7-8,17H2. The lowest BCUT2D eigenvalue weighted by Gasteiger charge is -2.37. The molecule has 1 amide bonds. The van der Waals surface area contributed by atoms with Crippen molar-refractivity contribution in [1.82, 2.24) is 4.90 Å². The number of aliphatic hydroxyl groups is 1. The molecule has 0 saturated heterocycles. The Kier molecular flexibility index (Phi) is 3.84. The summed E-state index contributed by atoms with van der Waals surface area (Å²) in [5, 5.41) is 9.85. The van der Waals surface area contributed by atoms with Crippen molar-refractivity contribution in [2.75, 3.05) is 18.9 Å². The average Bonchev–Trinajstić information content (AvgIpc) is 2.83. The van der Waals surface area contributed by atoms with Crippen LogP contribution in [0.25, 0.3) is 11.0 Å². The van der Waals surface area contributed by atoms with Crippen molar-refractivity contribution in [1.29, 1.82) is 0 Å². The average molecular weight is 288 g/mol. The molecule has 0 bridgehead atoms. The molecule has 0 radical (unpaired) electrons. The fraction of sp³-hybridized carbons (Fsp3) is 0.438. The number of nitrogens with two attached hydrogens (primary N) is 1. The number of nitrogen functional groups attached to an aromatic ring is 1. The number of aliphatic hydroxyl groups excluding tert-OH is 1. The molecule has 1 aromatic heterocycles. The van der Waals surface area contributed by atoms with Gasteiger partial charge in [0.1, 0.15) is 5.58 Å². The highest BCUT2D eigenvalue weighted by Crippen LogP contribution is 2.28. The molecule has 1 aliphatic carbocycles. The molecule has 1 heterocycles. The minimum absolute atomic E-state index is 0.0904. The van der Waals surface area contributed by atoms with Gasteiger partial charge in [0, 0.05) is 30.3 Å². The summed E-state index contributed by atoms with van der Waals surface area (Å²) in [4.78, 5) is 14.5. The van der Waals surface area contributed by atoms with Crippen molar-refractivity contribution < 1.29 is 14.3 Å². The molecule has 3 rings (SSSR count). The number of fused-ring (bicyclic) bond motifs is 1. The van der Waals surface area contributed by atoms with E-state index in [1.54, 1.807) is 24.3 Å². The van der Waals surface area contributed by atoms with E-state index < -0.39 is 0 Å².